The zero-order valence-corrected chi connectivity index (χ0v) is 23.9. The number of ether oxygens (including phenoxy) is 1. The van der Waals surface area contributed by atoms with Gasteiger partial charge in [0.2, 0.25) is 0 Å². The highest BCUT2D eigenvalue weighted by atomic mass is 28.4. The molecule has 3 heterocycles. The molecule has 4 rings (SSSR count). The summed E-state index contributed by atoms with van der Waals surface area (Å²) in [4.78, 5) is 30.2. The van der Waals surface area contributed by atoms with Crippen molar-refractivity contribution in [3.05, 3.63) is 59.0 Å². The fraction of sp³-hybridized carbons (Fsp3) is 0.571. The number of pyridine rings is 1. The van der Waals surface area contributed by atoms with Crippen LogP contribution in [0.3, 0.4) is 0 Å². The number of carbonyl (C=O) groups is 1. The Hall–Kier alpha value is -2.42. The van der Waals surface area contributed by atoms with Gasteiger partial charge in [-0.3, -0.25) is 14.3 Å². The average molecular weight is 512 g/mol. The van der Waals surface area contributed by atoms with Gasteiger partial charge in [-0.2, -0.15) is 0 Å². The lowest BCUT2D eigenvalue weighted by Gasteiger charge is -2.39. The SMILES string of the molecule is CC(C)(C)OC(=O)C1N(c2ccc(-n3ccccc3=O)cc2)CC2[C@@H](O[Si](C)(C)C(C)(C)C)CCN21. The summed E-state index contributed by atoms with van der Waals surface area (Å²) >= 11 is 0. The molecule has 2 aromatic rings. The number of fused-ring (bicyclic) bond motifs is 1. The van der Waals surface area contributed by atoms with E-state index in [0.717, 1.165) is 24.3 Å². The normalized spacial score (nSPS) is 23.1. The Morgan fingerprint density at radius 1 is 0.972 bits per heavy atom. The molecule has 0 bridgehead atoms. The van der Waals surface area contributed by atoms with Crippen LogP contribution < -0.4 is 10.5 Å². The van der Waals surface area contributed by atoms with Gasteiger partial charge in [-0.15, -0.1) is 0 Å². The second-order valence-corrected chi connectivity index (χ2v) is 17.3. The summed E-state index contributed by atoms with van der Waals surface area (Å²) in [5.74, 6) is -0.235. The minimum Gasteiger partial charge on any atom is -0.457 e. The van der Waals surface area contributed by atoms with Crippen molar-refractivity contribution in [1.82, 2.24) is 9.47 Å². The van der Waals surface area contributed by atoms with E-state index in [-0.39, 0.29) is 28.7 Å². The van der Waals surface area contributed by atoms with E-state index < -0.39 is 20.1 Å². The maximum atomic E-state index is 13.5. The predicted octanol–water partition coefficient (Wildman–Crippen LogP) is 4.79. The van der Waals surface area contributed by atoms with Gasteiger partial charge < -0.3 is 14.1 Å². The van der Waals surface area contributed by atoms with E-state index in [1.807, 2.05) is 51.1 Å². The van der Waals surface area contributed by atoms with Crippen LogP contribution in [0.4, 0.5) is 5.69 Å². The first-order valence-electron chi connectivity index (χ1n) is 12.9. The fourth-order valence-corrected chi connectivity index (χ4v) is 6.24. The Labute approximate surface area is 216 Å². The molecule has 7 nitrogen and oxygen atoms in total. The molecule has 1 aromatic heterocycles. The highest BCUT2D eigenvalue weighted by Crippen LogP contribution is 2.42. The predicted molar refractivity (Wildman–Crippen MR) is 146 cm³/mol. The lowest BCUT2D eigenvalue weighted by molar-refractivity contribution is -0.160. The lowest BCUT2D eigenvalue weighted by atomic mass is 10.1. The summed E-state index contributed by atoms with van der Waals surface area (Å²) in [5.41, 5.74) is 1.07. The van der Waals surface area contributed by atoms with Gasteiger partial charge >= 0.3 is 5.97 Å². The zero-order chi connectivity index (χ0) is 26.5. The van der Waals surface area contributed by atoms with E-state index in [4.69, 9.17) is 9.16 Å². The maximum Gasteiger partial charge on any atom is 0.344 e. The van der Waals surface area contributed by atoms with E-state index in [2.05, 4.69) is 43.7 Å². The van der Waals surface area contributed by atoms with Gasteiger partial charge in [-0.05, 0) is 75.7 Å². The number of benzene rings is 1. The van der Waals surface area contributed by atoms with Crippen molar-refractivity contribution in [2.24, 2.45) is 0 Å². The molecule has 2 fully saturated rings. The van der Waals surface area contributed by atoms with Crippen molar-refractivity contribution in [2.75, 3.05) is 18.0 Å². The van der Waals surface area contributed by atoms with E-state index in [1.165, 1.54) is 0 Å². The number of esters is 1. The van der Waals surface area contributed by atoms with Crippen LogP contribution in [0.25, 0.3) is 5.69 Å². The summed E-state index contributed by atoms with van der Waals surface area (Å²) in [7, 11) is -1.96. The Bertz CT molecular complexity index is 1150. The molecule has 196 valence electrons. The molecule has 36 heavy (non-hydrogen) atoms. The van der Waals surface area contributed by atoms with E-state index in [9.17, 15) is 9.59 Å². The average Bonchev–Trinajstić information content (AvgIpc) is 3.32. The second-order valence-electron chi connectivity index (χ2n) is 12.5. The first-order chi connectivity index (χ1) is 16.7. The molecular weight excluding hydrogens is 470 g/mol. The molecule has 3 atom stereocenters. The standard InChI is InChI=1S/C28H41N3O4Si/c1-27(2,3)34-26(33)25-30-18-16-23(35-36(7,8)28(4,5)6)22(30)19-31(25)21-14-12-20(13-15-21)29-17-10-9-11-24(29)32/h9-15,17,22-23,25H,16,18-19H2,1-8H3/t22?,23-,25?/m0/s1. The Morgan fingerprint density at radius 3 is 2.19 bits per heavy atom. The van der Waals surface area contributed by atoms with Crippen LogP contribution in [-0.4, -0.2) is 60.8 Å². The zero-order valence-electron chi connectivity index (χ0n) is 22.9. The lowest BCUT2D eigenvalue weighted by Crippen LogP contribution is -2.49. The van der Waals surface area contributed by atoms with Crippen LogP contribution in [-0.2, 0) is 14.0 Å². The molecular formula is C28H41N3O4Si. The maximum absolute atomic E-state index is 13.5. The molecule has 2 aliphatic heterocycles. The van der Waals surface area contributed by atoms with Crippen molar-refractivity contribution < 1.29 is 14.0 Å². The van der Waals surface area contributed by atoms with Gasteiger partial charge in [0.05, 0.1) is 12.1 Å². The topological polar surface area (TPSA) is 64.0 Å². The highest BCUT2D eigenvalue weighted by Gasteiger charge is 2.53. The van der Waals surface area contributed by atoms with Crippen LogP contribution in [0.2, 0.25) is 18.1 Å². The number of hydrogen-bond acceptors (Lipinski definition) is 6. The fourth-order valence-electron chi connectivity index (χ4n) is 4.86. The van der Waals surface area contributed by atoms with Crippen molar-refractivity contribution in [3.8, 4) is 5.69 Å². The smallest absolute Gasteiger partial charge is 0.344 e. The molecule has 0 N–H and O–H groups in total. The molecule has 0 aliphatic carbocycles. The Kier molecular flexibility index (Phi) is 7.00. The molecule has 1 aromatic carbocycles. The number of nitrogens with zero attached hydrogens (tertiary/aromatic N) is 3. The number of rotatable bonds is 5. The summed E-state index contributed by atoms with van der Waals surface area (Å²) in [5, 5.41) is 0.120. The van der Waals surface area contributed by atoms with E-state index in [1.54, 1.807) is 22.9 Å². The number of carbonyl (C=O) groups excluding carboxylic acids is 1. The summed E-state index contributed by atoms with van der Waals surface area (Å²) in [6.07, 6.45) is 2.26. The first kappa shape index (κ1) is 26.6. The van der Waals surface area contributed by atoms with Gasteiger partial charge in [0, 0.05) is 36.7 Å². The van der Waals surface area contributed by atoms with Gasteiger partial charge in [-0.25, -0.2) is 4.79 Å². The van der Waals surface area contributed by atoms with Crippen LogP contribution in [0.1, 0.15) is 48.0 Å². The van der Waals surface area contributed by atoms with Gasteiger partial charge in [0.25, 0.3) is 5.56 Å². The molecule has 0 amide bonds. The second kappa shape index (κ2) is 9.47. The third-order valence-corrected chi connectivity index (χ3v) is 12.2. The van der Waals surface area contributed by atoms with Crippen molar-refractivity contribution >= 4 is 20.0 Å². The van der Waals surface area contributed by atoms with E-state index >= 15 is 0 Å². The molecule has 8 heteroatoms. The van der Waals surface area contributed by atoms with Crippen LogP contribution in [0, 0.1) is 0 Å². The van der Waals surface area contributed by atoms with Crippen LogP contribution in [0.15, 0.2) is 53.5 Å². The number of hydrogen-bond donors (Lipinski definition) is 0. The Balaban J connectivity index is 1.64. The van der Waals surface area contributed by atoms with Gasteiger partial charge in [0.15, 0.2) is 14.5 Å². The van der Waals surface area contributed by atoms with Crippen LogP contribution in [0.5, 0.6) is 0 Å². The summed E-state index contributed by atoms with van der Waals surface area (Å²) in [6, 6.07) is 13.1. The molecule has 2 aliphatic rings. The number of aromatic nitrogens is 1. The minimum atomic E-state index is -1.96. The van der Waals surface area contributed by atoms with Crippen molar-refractivity contribution in [2.45, 2.75) is 90.0 Å². The third kappa shape index (κ3) is 5.31. The van der Waals surface area contributed by atoms with Crippen molar-refractivity contribution in [3.63, 3.8) is 0 Å². The molecule has 2 saturated heterocycles. The molecule has 0 saturated carbocycles. The summed E-state index contributed by atoms with van der Waals surface area (Å²) in [6.45, 7) is 18.6. The Morgan fingerprint density at radius 2 is 1.61 bits per heavy atom. The highest BCUT2D eigenvalue weighted by molar-refractivity contribution is 6.74. The van der Waals surface area contributed by atoms with E-state index in [0.29, 0.717) is 6.54 Å². The quantitative estimate of drug-likeness (QED) is 0.425. The van der Waals surface area contributed by atoms with Gasteiger partial charge in [-0.1, -0.05) is 26.8 Å². The minimum absolute atomic E-state index is 0.0793. The van der Waals surface area contributed by atoms with Gasteiger partial charge in [0.1, 0.15) is 5.60 Å². The molecule has 2 unspecified atom stereocenters. The third-order valence-electron chi connectivity index (χ3n) is 7.67. The first-order valence-corrected chi connectivity index (χ1v) is 15.8. The monoisotopic (exact) mass is 511 g/mol. The number of anilines is 1. The summed E-state index contributed by atoms with van der Waals surface area (Å²) < 4.78 is 14.4. The molecule has 0 spiro atoms. The molecule has 0 radical (unpaired) electrons. The van der Waals surface area contributed by atoms with Crippen LogP contribution >= 0.6 is 0 Å². The largest absolute Gasteiger partial charge is 0.457 e. The van der Waals surface area contributed by atoms with Crippen molar-refractivity contribution in [1.29, 1.82) is 0 Å².